The third-order valence-corrected chi connectivity index (χ3v) is 3.11. The lowest BCUT2D eigenvalue weighted by molar-refractivity contribution is 0.658. The zero-order chi connectivity index (χ0) is 9.84. The van der Waals surface area contributed by atoms with E-state index in [0.29, 0.717) is 12.5 Å². The molecule has 1 aromatic rings. The molecule has 0 amide bonds. The maximum Gasteiger partial charge on any atom is 0.184 e. The Morgan fingerprint density at radius 2 is 2.31 bits per heavy atom. The van der Waals surface area contributed by atoms with E-state index >= 15 is 0 Å². The van der Waals surface area contributed by atoms with Crippen molar-refractivity contribution < 1.29 is 0 Å². The summed E-state index contributed by atoms with van der Waals surface area (Å²) in [5.74, 6) is 0.421. The Morgan fingerprint density at radius 3 is 2.69 bits per heavy atom. The van der Waals surface area contributed by atoms with Crippen molar-refractivity contribution in [1.29, 1.82) is 0 Å². The number of hydrogen-bond acceptors (Lipinski definition) is 4. The van der Waals surface area contributed by atoms with E-state index in [4.69, 9.17) is 5.73 Å². The summed E-state index contributed by atoms with van der Waals surface area (Å²) in [5, 5.41) is 3.16. The van der Waals surface area contributed by atoms with Gasteiger partial charge < -0.3 is 10.6 Å². The minimum atomic E-state index is 0.421. The van der Waals surface area contributed by atoms with Crippen LogP contribution in [0.25, 0.3) is 0 Å². The van der Waals surface area contributed by atoms with Crippen molar-refractivity contribution in [2.24, 2.45) is 5.73 Å². The minimum Gasteiger partial charge on any atom is -0.354 e. The highest BCUT2D eigenvalue weighted by Gasteiger charge is 2.11. The molecule has 13 heavy (non-hydrogen) atoms. The second-order valence-electron chi connectivity index (χ2n) is 3.29. The smallest absolute Gasteiger partial charge is 0.184 e. The fraction of sp³-hybridized carbons (Fsp3) is 0.667. The molecule has 3 nitrogen and oxygen atoms in total. The zero-order valence-corrected chi connectivity index (χ0v) is 9.27. The summed E-state index contributed by atoms with van der Waals surface area (Å²) in [5.41, 5.74) is 6.79. The maximum atomic E-state index is 5.65. The highest BCUT2D eigenvalue weighted by molar-refractivity contribution is 7.13. The average molecular weight is 199 g/mol. The number of nitrogens with two attached hydrogens (primary N) is 1. The van der Waals surface area contributed by atoms with Gasteiger partial charge >= 0.3 is 0 Å². The van der Waals surface area contributed by atoms with Crippen LogP contribution in [-0.2, 0) is 0 Å². The molecule has 0 aliphatic heterocycles. The molecule has 0 spiro atoms. The predicted octanol–water partition coefficient (Wildman–Crippen LogP) is 1.66. The lowest BCUT2D eigenvalue weighted by atomic mass is 10.0. The summed E-state index contributed by atoms with van der Waals surface area (Å²) in [4.78, 5) is 6.54. The first kappa shape index (κ1) is 10.5. The van der Waals surface area contributed by atoms with E-state index in [1.54, 1.807) is 11.3 Å². The van der Waals surface area contributed by atoms with Crippen molar-refractivity contribution in [1.82, 2.24) is 4.98 Å². The Bertz CT molecular complexity index is 253. The fourth-order valence-corrected chi connectivity index (χ4v) is 2.01. The fourth-order valence-electron chi connectivity index (χ4n) is 1.17. The quantitative estimate of drug-likeness (QED) is 0.802. The van der Waals surface area contributed by atoms with Crippen LogP contribution in [0.5, 0.6) is 0 Å². The van der Waals surface area contributed by atoms with Crippen molar-refractivity contribution >= 4 is 16.5 Å². The lowest BCUT2D eigenvalue weighted by Crippen LogP contribution is -2.13. The van der Waals surface area contributed by atoms with Crippen LogP contribution in [0.1, 0.15) is 25.0 Å². The van der Waals surface area contributed by atoms with E-state index in [1.807, 2.05) is 19.0 Å². The van der Waals surface area contributed by atoms with Gasteiger partial charge in [-0.3, -0.25) is 0 Å². The van der Waals surface area contributed by atoms with E-state index < -0.39 is 0 Å². The van der Waals surface area contributed by atoms with Gasteiger partial charge in [-0.25, -0.2) is 4.98 Å². The summed E-state index contributed by atoms with van der Waals surface area (Å²) in [7, 11) is 4.01. The molecule has 2 N–H and O–H groups in total. The molecule has 0 radical (unpaired) electrons. The van der Waals surface area contributed by atoms with Crippen molar-refractivity contribution in [2.75, 3.05) is 25.5 Å². The molecule has 1 rings (SSSR count). The molecule has 0 saturated heterocycles. The van der Waals surface area contributed by atoms with Gasteiger partial charge in [-0.2, -0.15) is 0 Å². The van der Waals surface area contributed by atoms with Gasteiger partial charge in [-0.1, -0.05) is 6.92 Å². The number of thiazole rings is 1. The number of rotatable bonds is 4. The highest BCUT2D eigenvalue weighted by Crippen LogP contribution is 2.24. The zero-order valence-electron chi connectivity index (χ0n) is 8.45. The summed E-state index contributed by atoms with van der Waals surface area (Å²) >= 11 is 1.68. The summed E-state index contributed by atoms with van der Waals surface area (Å²) in [6, 6.07) is 0. The Balaban J connectivity index is 2.78. The Hall–Kier alpha value is -0.610. The third kappa shape index (κ3) is 2.42. The molecule has 1 atom stereocenters. The summed E-state index contributed by atoms with van der Waals surface area (Å²) in [6.45, 7) is 2.83. The van der Waals surface area contributed by atoms with Crippen LogP contribution in [0.3, 0.4) is 0 Å². The number of anilines is 1. The van der Waals surface area contributed by atoms with Gasteiger partial charge in [0.2, 0.25) is 0 Å². The topological polar surface area (TPSA) is 42.1 Å². The van der Waals surface area contributed by atoms with E-state index in [9.17, 15) is 0 Å². The molecule has 0 aliphatic carbocycles. The van der Waals surface area contributed by atoms with Crippen LogP contribution in [-0.4, -0.2) is 25.6 Å². The monoisotopic (exact) mass is 199 g/mol. The van der Waals surface area contributed by atoms with Crippen LogP contribution in [0.15, 0.2) is 5.38 Å². The molecule has 1 unspecified atom stereocenters. The third-order valence-electron chi connectivity index (χ3n) is 2.09. The van der Waals surface area contributed by atoms with Crippen molar-refractivity contribution in [2.45, 2.75) is 19.3 Å². The largest absolute Gasteiger partial charge is 0.354 e. The first-order valence-electron chi connectivity index (χ1n) is 4.51. The first-order chi connectivity index (χ1) is 6.19. The van der Waals surface area contributed by atoms with Gasteiger partial charge in [0.05, 0.1) is 5.69 Å². The van der Waals surface area contributed by atoms with Gasteiger partial charge in [-0.15, -0.1) is 11.3 Å². The molecule has 0 bridgehead atoms. The van der Waals surface area contributed by atoms with E-state index in [0.717, 1.165) is 17.2 Å². The number of aromatic nitrogens is 1. The van der Waals surface area contributed by atoms with E-state index in [2.05, 4.69) is 17.3 Å². The van der Waals surface area contributed by atoms with Crippen molar-refractivity contribution in [3.63, 3.8) is 0 Å². The van der Waals surface area contributed by atoms with Crippen molar-refractivity contribution in [3.8, 4) is 0 Å². The van der Waals surface area contributed by atoms with Crippen molar-refractivity contribution in [3.05, 3.63) is 11.1 Å². The molecular weight excluding hydrogens is 182 g/mol. The molecule has 74 valence electrons. The minimum absolute atomic E-state index is 0.421. The van der Waals surface area contributed by atoms with E-state index in [1.165, 1.54) is 0 Å². The van der Waals surface area contributed by atoms with Crippen LogP contribution >= 0.6 is 11.3 Å². The van der Waals surface area contributed by atoms with E-state index in [-0.39, 0.29) is 0 Å². The van der Waals surface area contributed by atoms with Crippen LogP contribution in [0, 0.1) is 0 Å². The first-order valence-corrected chi connectivity index (χ1v) is 5.39. The Kier molecular flexibility index (Phi) is 3.69. The Morgan fingerprint density at radius 1 is 1.62 bits per heavy atom. The van der Waals surface area contributed by atoms with Crippen LogP contribution in [0.2, 0.25) is 0 Å². The maximum absolute atomic E-state index is 5.65. The Labute approximate surface area is 83.6 Å². The summed E-state index contributed by atoms with van der Waals surface area (Å²) < 4.78 is 0. The van der Waals surface area contributed by atoms with Gasteiger partial charge in [0.15, 0.2) is 5.13 Å². The van der Waals surface area contributed by atoms with Gasteiger partial charge in [0, 0.05) is 31.9 Å². The molecule has 1 aromatic heterocycles. The molecule has 4 heteroatoms. The normalized spacial score (nSPS) is 12.9. The standard InChI is InChI=1S/C9H17N3S/c1-4-7(5-10)8-6-13-9(11-8)12(2)3/h6-7H,4-5,10H2,1-3H3. The van der Waals surface area contributed by atoms with Gasteiger partial charge in [0.1, 0.15) is 0 Å². The van der Waals surface area contributed by atoms with Crippen LogP contribution < -0.4 is 10.6 Å². The summed E-state index contributed by atoms with van der Waals surface area (Å²) in [6.07, 6.45) is 1.06. The number of nitrogens with zero attached hydrogens (tertiary/aromatic N) is 2. The molecular formula is C9H17N3S. The molecule has 0 fully saturated rings. The van der Waals surface area contributed by atoms with Gasteiger partial charge in [0.25, 0.3) is 0 Å². The second-order valence-corrected chi connectivity index (χ2v) is 4.13. The van der Waals surface area contributed by atoms with Gasteiger partial charge in [-0.05, 0) is 6.42 Å². The van der Waals surface area contributed by atoms with Crippen LogP contribution in [0.4, 0.5) is 5.13 Å². The molecule has 0 aliphatic rings. The molecule has 0 aromatic carbocycles. The lowest BCUT2D eigenvalue weighted by Gasteiger charge is -2.09. The SMILES string of the molecule is CCC(CN)c1csc(N(C)C)n1. The number of hydrogen-bond donors (Lipinski definition) is 1. The second kappa shape index (κ2) is 4.58. The predicted molar refractivity (Wildman–Crippen MR) is 58.5 cm³/mol. The highest BCUT2D eigenvalue weighted by atomic mass is 32.1. The molecule has 0 saturated carbocycles. The molecule has 1 heterocycles. The average Bonchev–Trinajstić information content (AvgIpc) is 2.56.